The van der Waals surface area contributed by atoms with E-state index in [1.807, 2.05) is 6.07 Å². The number of para-hydroxylation sites is 1. The highest BCUT2D eigenvalue weighted by Crippen LogP contribution is 2.35. The SMILES string of the molecule is Cc1cccc2c(C3CCN(CC4CCC(NC(=O)/C=C/c5ccc(Cl)c(Cl)c5)CC4)CC3)c[nH]c12. The predicted molar refractivity (Wildman–Crippen MR) is 151 cm³/mol. The third-order valence-electron chi connectivity index (χ3n) is 8.06. The maximum absolute atomic E-state index is 12.4. The molecule has 2 fully saturated rings. The molecule has 1 aromatic heterocycles. The number of H-pyrrole nitrogens is 1. The number of nitrogens with zero attached hydrogens (tertiary/aromatic N) is 1. The van der Waals surface area contributed by atoms with Gasteiger partial charge in [0.1, 0.15) is 0 Å². The van der Waals surface area contributed by atoms with E-state index in [9.17, 15) is 4.79 Å². The summed E-state index contributed by atoms with van der Waals surface area (Å²) < 4.78 is 0. The number of benzene rings is 2. The van der Waals surface area contributed by atoms with Gasteiger partial charge in [0.25, 0.3) is 0 Å². The third-order valence-corrected chi connectivity index (χ3v) is 8.80. The van der Waals surface area contributed by atoms with Gasteiger partial charge in [0.2, 0.25) is 5.91 Å². The lowest BCUT2D eigenvalue weighted by Crippen LogP contribution is -2.41. The van der Waals surface area contributed by atoms with Gasteiger partial charge in [-0.3, -0.25) is 4.79 Å². The van der Waals surface area contributed by atoms with Gasteiger partial charge in [-0.1, -0.05) is 47.5 Å². The first-order valence-electron chi connectivity index (χ1n) is 13.2. The van der Waals surface area contributed by atoms with E-state index >= 15 is 0 Å². The Morgan fingerprint density at radius 1 is 1.06 bits per heavy atom. The van der Waals surface area contributed by atoms with Gasteiger partial charge in [0, 0.05) is 35.8 Å². The minimum absolute atomic E-state index is 0.0425. The fourth-order valence-electron chi connectivity index (χ4n) is 5.98. The van der Waals surface area contributed by atoms with Crippen LogP contribution in [0.15, 0.2) is 48.7 Å². The van der Waals surface area contributed by atoms with Crippen LogP contribution in [0, 0.1) is 12.8 Å². The number of hydrogen-bond donors (Lipinski definition) is 2. The Hall–Kier alpha value is -2.27. The van der Waals surface area contributed by atoms with Crippen molar-refractivity contribution in [3.8, 4) is 0 Å². The molecular formula is C30H35Cl2N3O. The standard InChI is InChI=1S/C30H35Cl2N3O/c1-20-3-2-4-25-26(18-33-30(20)25)23-13-15-35(16-14-23)19-22-5-9-24(10-6-22)34-29(36)12-8-21-7-11-27(31)28(32)17-21/h2-4,7-8,11-12,17-18,22-24,33H,5-6,9-10,13-16,19H2,1H3,(H,34,36)/b12-8+. The number of piperidine rings is 1. The molecule has 6 heteroatoms. The summed E-state index contributed by atoms with van der Waals surface area (Å²) in [5.74, 6) is 1.34. The molecule has 2 N–H and O–H groups in total. The van der Waals surface area contributed by atoms with E-state index in [0.717, 1.165) is 24.3 Å². The molecule has 2 heterocycles. The van der Waals surface area contributed by atoms with Gasteiger partial charge in [0.15, 0.2) is 0 Å². The predicted octanol–water partition coefficient (Wildman–Crippen LogP) is 7.35. The van der Waals surface area contributed by atoms with Gasteiger partial charge in [-0.25, -0.2) is 0 Å². The first-order chi connectivity index (χ1) is 17.5. The Balaban J connectivity index is 1.04. The van der Waals surface area contributed by atoms with Gasteiger partial charge in [0.05, 0.1) is 10.0 Å². The Kier molecular flexibility index (Phi) is 8.05. The zero-order chi connectivity index (χ0) is 25.1. The lowest BCUT2D eigenvalue weighted by Gasteiger charge is -2.36. The molecule has 0 bridgehead atoms. The molecule has 1 aliphatic carbocycles. The summed E-state index contributed by atoms with van der Waals surface area (Å²) in [6.07, 6.45) is 12.6. The molecule has 1 amide bonds. The number of aromatic amines is 1. The van der Waals surface area contributed by atoms with E-state index in [0.29, 0.717) is 16.0 Å². The quantitative estimate of drug-likeness (QED) is 0.331. The Morgan fingerprint density at radius 3 is 2.58 bits per heavy atom. The van der Waals surface area contributed by atoms with Crippen LogP contribution in [0.3, 0.4) is 0 Å². The molecule has 4 nitrogen and oxygen atoms in total. The molecule has 5 rings (SSSR count). The van der Waals surface area contributed by atoms with Crippen molar-refractivity contribution in [1.29, 1.82) is 0 Å². The molecule has 0 atom stereocenters. The summed E-state index contributed by atoms with van der Waals surface area (Å²) in [6.45, 7) is 5.73. The van der Waals surface area contributed by atoms with E-state index < -0.39 is 0 Å². The number of halogens is 2. The maximum Gasteiger partial charge on any atom is 0.244 e. The van der Waals surface area contributed by atoms with E-state index in [1.54, 1.807) is 24.3 Å². The van der Waals surface area contributed by atoms with Crippen LogP contribution in [0.1, 0.15) is 61.1 Å². The first-order valence-corrected chi connectivity index (χ1v) is 13.9. The fraction of sp³-hybridized carbons (Fsp3) is 0.433. The van der Waals surface area contributed by atoms with Gasteiger partial charge >= 0.3 is 0 Å². The smallest absolute Gasteiger partial charge is 0.244 e. The molecule has 2 aromatic carbocycles. The number of amides is 1. The number of carbonyl (C=O) groups excluding carboxylic acids is 1. The second kappa shape index (κ2) is 11.4. The summed E-state index contributed by atoms with van der Waals surface area (Å²) >= 11 is 12.0. The Morgan fingerprint density at radius 2 is 1.83 bits per heavy atom. The lowest BCUT2D eigenvalue weighted by atomic mass is 9.84. The second-order valence-corrected chi connectivity index (χ2v) is 11.4. The van der Waals surface area contributed by atoms with Crippen molar-refractivity contribution in [3.63, 3.8) is 0 Å². The number of carbonyl (C=O) groups is 1. The highest BCUT2D eigenvalue weighted by molar-refractivity contribution is 6.42. The summed E-state index contributed by atoms with van der Waals surface area (Å²) in [6, 6.07) is 12.3. The molecule has 1 saturated heterocycles. The first kappa shape index (κ1) is 25.4. The van der Waals surface area contributed by atoms with E-state index in [4.69, 9.17) is 23.2 Å². The molecule has 1 saturated carbocycles. The van der Waals surface area contributed by atoms with Crippen LogP contribution < -0.4 is 5.32 Å². The molecule has 0 spiro atoms. The van der Waals surface area contributed by atoms with Crippen LogP contribution >= 0.6 is 23.2 Å². The lowest BCUT2D eigenvalue weighted by molar-refractivity contribution is -0.117. The third kappa shape index (κ3) is 5.99. The minimum atomic E-state index is -0.0425. The molecule has 0 radical (unpaired) electrons. The molecule has 1 aliphatic heterocycles. The van der Waals surface area contributed by atoms with Gasteiger partial charge in [-0.05, 0) is 105 Å². The van der Waals surface area contributed by atoms with Crippen LogP contribution in [0.25, 0.3) is 17.0 Å². The molecule has 0 unspecified atom stereocenters. The number of aryl methyl sites for hydroxylation is 1. The van der Waals surface area contributed by atoms with Gasteiger partial charge < -0.3 is 15.2 Å². The molecule has 36 heavy (non-hydrogen) atoms. The van der Waals surface area contributed by atoms with Crippen LogP contribution in [-0.4, -0.2) is 41.5 Å². The van der Waals surface area contributed by atoms with Crippen molar-refractivity contribution < 1.29 is 4.79 Å². The van der Waals surface area contributed by atoms with Crippen molar-refractivity contribution >= 4 is 46.1 Å². The van der Waals surface area contributed by atoms with Crippen molar-refractivity contribution in [3.05, 3.63) is 75.4 Å². The summed E-state index contributed by atoms with van der Waals surface area (Å²) in [7, 11) is 0. The van der Waals surface area contributed by atoms with Gasteiger partial charge in [-0.15, -0.1) is 0 Å². The molecular weight excluding hydrogens is 489 g/mol. The van der Waals surface area contributed by atoms with Crippen molar-refractivity contribution in [2.24, 2.45) is 5.92 Å². The number of hydrogen-bond acceptors (Lipinski definition) is 2. The average Bonchev–Trinajstić information content (AvgIpc) is 3.32. The monoisotopic (exact) mass is 523 g/mol. The zero-order valence-corrected chi connectivity index (χ0v) is 22.4. The number of likely N-dealkylation sites (tertiary alicyclic amines) is 1. The summed E-state index contributed by atoms with van der Waals surface area (Å²) in [5.41, 5.74) is 4.98. The zero-order valence-electron chi connectivity index (χ0n) is 20.9. The van der Waals surface area contributed by atoms with Crippen LogP contribution in [0.5, 0.6) is 0 Å². The Bertz CT molecular complexity index is 1230. The topological polar surface area (TPSA) is 48.1 Å². The summed E-state index contributed by atoms with van der Waals surface area (Å²) in [5, 5.41) is 5.59. The van der Waals surface area contributed by atoms with Crippen molar-refractivity contribution in [1.82, 2.24) is 15.2 Å². The number of rotatable bonds is 6. The highest BCUT2D eigenvalue weighted by Gasteiger charge is 2.27. The fourth-order valence-corrected chi connectivity index (χ4v) is 6.29. The second-order valence-electron chi connectivity index (χ2n) is 10.5. The van der Waals surface area contributed by atoms with Crippen molar-refractivity contribution in [2.45, 2.75) is 57.4 Å². The molecule has 190 valence electrons. The van der Waals surface area contributed by atoms with E-state index in [-0.39, 0.29) is 11.9 Å². The number of aromatic nitrogens is 1. The van der Waals surface area contributed by atoms with Crippen LogP contribution in [-0.2, 0) is 4.79 Å². The maximum atomic E-state index is 12.4. The average molecular weight is 525 g/mol. The van der Waals surface area contributed by atoms with Crippen molar-refractivity contribution in [2.75, 3.05) is 19.6 Å². The largest absolute Gasteiger partial charge is 0.361 e. The Labute approximate surface area is 224 Å². The highest BCUT2D eigenvalue weighted by atomic mass is 35.5. The normalized spacial score (nSPS) is 21.9. The van der Waals surface area contributed by atoms with Gasteiger partial charge in [-0.2, -0.15) is 0 Å². The summed E-state index contributed by atoms with van der Waals surface area (Å²) in [4.78, 5) is 18.6. The number of nitrogens with one attached hydrogen (secondary N) is 2. The van der Waals surface area contributed by atoms with Crippen LogP contribution in [0.2, 0.25) is 10.0 Å². The van der Waals surface area contributed by atoms with Crippen LogP contribution in [0.4, 0.5) is 0 Å². The minimum Gasteiger partial charge on any atom is -0.361 e. The van der Waals surface area contributed by atoms with E-state index in [1.165, 1.54) is 67.3 Å². The number of fused-ring (bicyclic) bond motifs is 1. The van der Waals surface area contributed by atoms with E-state index in [2.05, 4.69) is 46.5 Å². The molecule has 3 aromatic rings. The molecule has 2 aliphatic rings.